The zero-order valence-corrected chi connectivity index (χ0v) is 12.5. The van der Waals surface area contributed by atoms with E-state index in [2.05, 4.69) is 10.3 Å². The summed E-state index contributed by atoms with van der Waals surface area (Å²) in [7, 11) is 1.57. The minimum Gasteiger partial charge on any atom is -0.496 e. The molecule has 110 valence electrons. The predicted molar refractivity (Wildman–Crippen MR) is 82.2 cm³/mol. The summed E-state index contributed by atoms with van der Waals surface area (Å²) in [5, 5.41) is 14.5. The zero-order valence-electron chi connectivity index (χ0n) is 11.7. The first kappa shape index (κ1) is 15.1. The van der Waals surface area contributed by atoms with Gasteiger partial charge in [0.1, 0.15) is 11.6 Å². The lowest BCUT2D eigenvalue weighted by Crippen LogP contribution is -2.01. The van der Waals surface area contributed by atoms with Crippen LogP contribution in [0.4, 0.5) is 11.5 Å². The summed E-state index contributed by atoms with van der Waals surface area (Å²) in [6, 6.07) is 10.4. The fourth-order valence-corrected chi connectivity index (χ4v) is 2.73. The van der Waals surface area contributed by atoms with Gasteiger partial charge >= 0.3 is 5.69 Å². The maximum absolute atomic E-state index is 11.1. The number of para-hydroxylation sites is 1. The number of nitrogens with one attached hydrogen (secondary N) is 1. The van der Waals surface area contributed by atoms with Crippen molar-refractivity contribution < 1.29 is 9.66 Å². The van der Waals surface area contributed by atoms with E-state index < -0.39 is 4.92 Å². The van der Waals surface area contributed by atoms with Crippen molar-refractivity contribution in [2.75, 3.05) is 19.0 Å². The summed E-state index contributed by atoms with van der Waals surface area (Å²) < 4.78 is 5.26. The Labute approximate surface area is 126 Å². The molecule has 2 aromatic rings. The number of hydrogen-bond donors (Lipinski definition) is 1. The van der Waals surface area contributed by atoms with E-state index in [-0.39, 0.29) is 5.69 Å². The van der Waals surface area contributed by atoms with Crippen LogP contribution >= 0.6 is 11.8 Å². The van der Waals surface area contributed by atoms with Crippen LogP contribution in [-0.2, 0) is 0 Å². The maximum atomic E-state index is 11.1. The summed E-state index contributed by atoms with van der Waals surface area (Å²) >= 11 is 1.22. The Balaban J connectivity index is 2.40. The summed E-state index contributed by atoms with van der Waals surface area (Å²) in [5.41, 5.74) is -0.0208. The molecule has 0 aliphatic rings. The second-order valence-electron chi connectivity index (χ2n) is 4.06. The zero-order chi connectivity index (χ0) is 15.2. The van der Waals surface area contributed by atoms with E-state index in [0.717, 1.165) is 4.90 Å². The molecule has 7 heteroatoms. The summed E-state index contributed by atoms with van der Waals surface area (Å²) in [6.07, 6.45) is 0. The van der Waals surface area contributed by atoms with Gasteiger partial charge in [0.05, 0.1) is 16.9 Å². The summed E-state index contributed by atoms with van der Waals surface area (Å²) in [6.45, 7) is 2.64. The van der Waals surface area contributed by atoms with Crippen molar-refractivity contribution in [3.63, 3.8) is 0 Å². The van der Waals surface area contributed by atoms with Crippen LogP contribution in [0.1, 0.15) is 6.92 Å². The second-order valence-corrected chi connectivity index (χ2v) is 5.09. The number of ether oxygens (including phenoxy) is 1. The van der Waals surface area contributed by atoms with Gasteiger partial charge in [-0.15, -0.1) is 0 Å². The average Bonchev–Trinajstić information content (AvgIpc) is 2.48. The third-order valence-electron chi connectivity index (χ3n) is 2.67. The number of methoxy groups -OCH3 is 1. The van der Waals surface area contributed by atoms with E-state index in [1.165, 1.54) is 17.8 Å². The maximum Gasteiger partial charge on any atom is 0.301 e. The molecule has 0 saturated carbocycles. The van der Waals surface area contributed by atoms with E-state index >= 15 is 0 Å². The summed E-state index contributed by atoms with van der Waals surface area (Å²) in [4.78, 5) is 15.8. The highest BCUT2D eigenvalue weighted by Gasteiger charge is 2.18. The van der Waals surface area contributed by atoms with Gasteiger partial charge in [-0.3, -0.25) is 10.1 Å². The minimum atomic E-state index is -0.430. The van der Waals surface area contributed by atoms with Crippen molar-refractivity contribution in [3.8, 4) is 5.75 Å². The normalized spacial score (nSPS) is 10.2. The van der Waals surface area contributed by atoms with Crippen LogP contribution in [0.5, 0.6) is 5.75 Å². The molecule has 6 nitrogen and oxygen atoms in total. The molecule has 1 heterocycles. The first-order valence-electron chi connectivity index (χ1n) is 6.36. The Morgan fingerprint density at radius 1 is 1.33 bits per heavy atom. The molecule has 1 N–H and O–H groups in total. The Morgan fingerprint density at radius 2 is 2.10 bits per heavy atom. The average molecular weight is 305 g/mol. The van der Waals surface area contributed by atoms with Gasteiger partial charge in [0, 0.05) is 12.6 Å². The first-order valence-corrected chi connectivity index (χ1v) is 7.17. The topological polar surface area (TPSA) is 77.3 Å². The van der Waals surface area contributed by atoms with Crippen LogP contribution in [0.3, 0.4) is 0 Å². The van der Waals surface area contributed by atoms with Crippen LogP contribution in [0.25, 0.3) is 0 Å². The molecular weight excluding hydrogens is 290 g/mol. The SMILES string of the molecule is CCNc1ccc([N+](=O)[O-])c(Sc2ccccc2OC)n1. The standard InChI is InChI=1S/C14H15N3O3S/c1-3-15-13-9-8-10(17(18)19)14(16-13)21-12-7-5-4-6-11(12)20-2/h4-9H,3H2,1-2H3,(H,15,16). The molecule has 0 aliphatic carbocycles. The molecule has 0 amide bonds. The molecular formula is C14H15N3O3S. The number of hydrogen-bond acceptors (Lipinski definition) is 6. The minimum absolute atomic E-state index is 0.0208. The van der Waals surface area contributed by atoms with E-state index in [0.29, 0.717) is 23.1 Å². The highest BCUT2D eigenvalue weighted by Crippen LogP contribution is 2.38. The lowest BCUT2D eigenvalue weighted by Gasteiger charge is -2.09. The van der Waals surface area contributed by atoms with Crippen molar-refractivity contribution >= 4 is 23.3 Å². The smallest absolute Gasteiger partial charge is 0.301 e. The van der Waals surface area contributed by atoms with Crippen molar-refractivity contribution in [1.29, 1.82) is 0 Å². The highest BCUT2D eigenvalue weighted by molar-refractivity contribution is 7.99. The van der Waals surface area contributed by atoms with Crippen LogP contribution in [0.15, 0.2) is 46.3 Å². The van der Waals surface area contributed by atoms with Gasteiger partial charge in [-0.2, -0.15) is 0 Å². The number of nitro groups is 1. The van der Waals surface area contributed by atoms with Gasteiger partial charge in [0.25, 0.3) is 0 Å². The lowest BCUT2D eigenvalue weighted by molar-refractivity contribution is -0.388. The second kappa shape index (κ2) is 6.94. The molecule has 0 unspecified atom stereocenters. The van der Waals surface area contributed by atoms with Gasteiger partial charge in [-0.05, 0) is 25.1 Å². The Hall–Kier alpha value is -2.28. The number of nitrogens with zero attached hydrogens (tertiary/aromatic N) is 2. The molecule has 21 heavy (non-hydrogen) atoms. The largest absolute Gasteiger partial charge is 0.496 e. The lowest BCUT2D eigenvalue weighted by atomic mass is 10.3. The number of pyridine rings is 1. The van der Waals surface area contributed by atoms with Gasteiger partial charge < -0.3 is 10.1 Å². The fraction of sp³-hybridized carbons (Fsp3) is 0.214. The molecule has 1 aromatic carbocycles. The molecule has 2 rings (SSSR count). The third-order valence-corrected chi connectivity index (χ3v) is 3.72. The van der Waals surface area contributed by atoms with Gasteiger partial charge in [0.15, 0.2) is 5.03 Å². The molecule has 0 aliphatic heterocycles. The predicted octanol–water partition coefficient (Wildman–Crippen LogP) is 3.58. The molecule has 1 aromatic heterocycles. The first-order chi connectivity index (χ1) is 10.2. The molecule has 0 bridgehead atoms. The van der Waals surface area contributed by atoms with Crippen LogP contribution in [0, 0.1) is 10.1 Å². The Morgan fingerprint density at radius 3 is 2.76 bits per heavy atom. The molecule has 0 saturated heterocycles. The van der Waals surface area contributed by atoms with Crippen LogP contribution in [-0.4, -0.2) is 23.6 Å². The highest BCUT2D eigenvalue weighted by atomic mass is 32.2. The summed E-state index contributed by atoms with van der Waals surface area (Å²) in [5.74, 6) is 1.27. The van der Waals surface area contributed by atoms with E-state index in [4.69, 9.17) is 4.74 Å². The number of anilines is 1. The van der Waals surface area contributed by atoms with Gasteiger partial charge in [-0.1, -0.05) is 23.9 Å². The van der Waals surface area contributed by atoms with Crippen LogP contribution in [0.2, 0.25) is 0 Å². The molecule has 0 spiro atoms. The van der Waals surface area contributed by atoms with Gasteiger partial charge in [0.2, 0.25) is 0 Å². The number of rotatable bonds is 6. The number of benzene rings is 1. The van der Waals surface area contributed by atoms with Crippen molar-refractivity contribution in [2.24, 2.45) is 0 Å². The van der Waals surface area contributed by atoms with E-state index in [9.17, 15) is 10.1 Å². The van der Waals surface area contributed by atoms with Gasteiger partial charge in [-0.25, -0.2) is 4.98 Å². The number of aromatic nitrogens is 1. The molecule has 0 radical (unpaired) electrons. The van der Waals surface area contributed by atoms with Crippen LogP contribution < -0.4 is 10.1 Å². The monoisotopic (exact) mass is 305 g/mol. The van der Waals surface area contributed by atoms with E-state index in [1.807, 2.05) is 31.2 Å². The van der Waals surface area contributed by atoms with Crippen molar-refractivity contribution in [2.45, 2.75) is 16.8 Å². The van der Waals surface area contributed by atoms with Crippen molar-refractivity contribution in [3.05, 3.63) is 46.5 Å². The van der Waals surface area contributed by atoms with Crippen molar-refractivity contribution in [1.82, 2.24) is 4.98 Å². The Bertz CT molecular complexity index is 649. The van der Waals surface area contributed by atoms with E-state index in [1.54, 1.807) is 13.2 Å². The third kappa shape index (κ3) is 3.63. The molecule has 0 atom stereocenters. The quantitative estimate of drug-likeness (QED) is 0.649. The Kier molecular flexibility index (Phi) is 4.99. The molecule has 0 fully saturated rings. The fourth-order valence-electron chi connectivity index (χ4n) is 1.73.